The van der Waals surface area contributed by atoms with Crippen LogP contribution in [0.2, 0.25) is 0 Å². The van der Waals surface area contributed by atoms with Crippen molar-refractivity contribution >= 4 is 23.5 Å². The van der Waals surface area contributed by atoms with E-state index in [1.165, 1.54) is 4.90 Å². The van der Waals surface area contributed by atoms with Gasteiger partial charge >= 0.3 is 6.03 Å². The largest absolute Gasteiger partial charge is 0.497 e. The highest BCUT2D eigenvalue weighted by atomic mass is 16.5. The van der Waals surface area contributed by atoms with Crippen molar-refractivity contribution in [2.75, 3.05) is 45.2 Å². The average Bonchev–Trinajstić information content (AvgIpc) is 3.01. The summed E-state index contributed by atoms with van der Waals surface area (Å²) in [4.78, 5) is 37.8. The zero-order chi connectivity index (χ0) is 17.5. The molecule has 0 radical (unpaired) electrons. The fraction of sp³-hybridized carbons (Fsp3) is 0.438. The van der Waals surface area contributed by atoms with E-state index in [4.69, 9.17) is 4.74 Å². The van der Waals surface area contributed by atoms with Crippen LogP contribution >= 0.6 is 0 Å². The van der Waals surface area contributed by atoms with Gasteiger partial charge in [0.05, 0.1) is 13.7 Å². The highest BCUT2D eigenvalue weighted by Crippen LogP contribution is 2.14. The average molecular weight is 335 g/mol. The maximum atomic E-state index is 12.1. The summed E-state index contributed by atoms with van der Waals surface area (Å²) in [6, 6.07) is 6.66. The van der Waals surface area contributed by atoms with Crippen molar-refractivity contribution < 1.29 is 24.0 Å². The minimum Gasteiger partial charge on any atom is -0.497 e. The first-order chi connectivity index (χ1) is 11.5. The molecule has 8 heteroatoms. The van der Waals surface area contributed by atoms with Crippen LogP contribution in [0.1, 0.15) is 6.92 Å². The van der Waals surface area contributed by atoms with Crippen LogP contribution < -0.4 is 20.3 Å². The van der Waals surface area contributed by atoms with E-state index in [-0.39, 0.29) is 30.9 Å². The number of nitrogens with zero attached hydrogens (tertiary/aromatic N) is 1. The van der Waals surface area contributed by atoms with Crippen molar-refractivity contribution in [1.82, 2.24) is 10.2 Å². The van der Waals surface area contributed by atoms with Crippen molar-refractivity contribution in [1.29, 1.82) is 0 Å². The number of benzene rings is 1. The van der Waals surface area contributed by atoms with Crippen LogP contribution in [0.15, 0.2) is 24.3 Å². The van der Waals surface area contributed by atoms with Crippen molar-refractivity contribution in [3.05, 3.63) is 24.3 Å². The molecule has 1 atom stereocenters. The van der Waals surface area contributed by atoms with Crippen molar-refractivity contribution in [3.8, 4) is 5.75 Å². The van der Waals surface area contributed by atoms with Gasteiger partial charge in [0.15, 0.2) is 13.1 Å². The molecule has 0 bridgehead atoms. The quantitative estimate of drug-likeness (QED) is 0.602. The van der Waals surface area contributed by atoms with E-state index in [1.807, 2.05) is 6.92 Å². The number of quaternary nitrogens is 1. The molecule has 2 rings (SSSR count). The first kappa shape index (κ1) is 17.7. The van der Waals surface area contributed by atoms with Crippen molar-refractivity contribution in [2.24, 2.45) is 0 Å². The number of imide groups is 1. The molecule has 0 saturated carbocycles. The second kappa shape index (κ2) is 8.30. The van der Waals surface area contributed by atoms with Crippen LogP contribution in [0.4, 0.5) is 10.5 Å². The molecule has 1 aromatic rings. The molecule has 3 N–H and O–H groups in total. The number of rotatable bonds is 7. The van der Waals surface area contributed by atoms with Gasteiger partial charge in [-0.3, -0.25) is 14.5 Å². The summed E-state index contributed by atoms with van der Waals surface area (Å²) < 4.78 is 5.07. The predicted molar refractivity (Wildman–Crippen MR) is 88.0 cm³/mol. The van der Waals surface area contributed by atoms with Gasteiger partial charge in [0.25, 0.3) is 11.8 Å². The van der Waals surface area contributed by atoms with E-state index >= 15 is 0 Å². The van der Waals surface area contributed by atoms with Gasteiger partial charge in [0.1, 0.15) is 5.75 Å². The number of hydrogen-bond donors (Lipinski definition) is 3. The first-order valence-corrected chi connectivity index (χ1v) is 7.89. The first-order valence-electron chi connectivity index (χ1n) is 7.89. The van der Waals surface area contributed by atoms with Crippen LogP contribution in [0.5, 0.6) is 5.75 Å². The monoisotopic (exact) mass is 335 g/mol. The number of anilines is 1. The van der Waals surface area contributed by atoms with Crippen molar-refractivity contribution in [3.63, 3.8) is 0 Å². The molecule has 4 amide bonds. The molecule has 0 aromatic heterocycles. The van der Waals surface area contributed by atoms with Gasteiger partial charge in [-0.15, -0.1) is 0 Å². The minimum atomic E-state index is -0.363. The van der Waals surface area contributed by atoms with E-state index < -0.39 is 0 Å². The van der Waals surface area contributed by atoms with Gasteiger partial charge < -0.3 is 20.3 Å². The van der Waals surface area contributed by atoms with E-state index in [0.717, 1.165) is 4.90 Å². The molecule has 1 aliphatic heterocycles. The number of hydrogen-bond acceptors (Lipinski definition) is 4. The topological polar surface area (TPSA) is 92.2 Å². The number of amides is 4. The molecule has 1 saturated heterocycles. The number of ether oxygens (including phenoxy) is 1. The molecule has 1 unspecified atom stereocenters. The number of methoxy groups -OCH3 is 1. The molecule has 24 heavy (non-hydrogen) atoms. The summed E-state index contributed by atoms with van der Waals surface area (Å²) in [5.74, 6) is 0.262. The Morgan fingerprint density at radius 1 is 1.29 bits per heavy atom. The van der Waals surface area contributed by atoms with Gasteiger partial charge in [-0.05, 0) is 31.2 Å². The number of carbonyl (C=O) groups is 3. The van der Waals surface area contributed by atoms with E-state index in [9.17, 15) is 14.4 Å². The molecule has 0 spiro atoms. The van der Waals surface area contributed by atoms with Crippen LogP contribution in [-0.4, -0.2) is 62.6 Å². The Hall–Kier alpha value is -2.61. The summed E-state index contributed by atoms with van der Waals surface area (Å²) in [5.41, 5.74) is 0.668. The summed E-state index contributed by atoms with van der Waals surface area (Å²) in [6.45, 7) is 3.63. The lowest BCUT2D eigenvalue weighted by molar-refractivity contribution is -0.881. The van der Waals surface area contributed by atoms with Crippen LogP contribution in [-0.2, 0) is 9.59 Å². The second-order valence-electron chi connectivity index (χ2n) is 5.51. The number of likely N-dealkylation sites (N-methyl/N-ethyl adjacent to an activating group) is 1. The lowest BCUT2D eigenvalue weighted by Crippen LogP contribution is -3.14. The molecule has 1 heterocycles. The molecular formula is C16H23N4O4+. The van der Waals surface area contributed by atoms with Gasteiger partial charge in [0, 0.05) is 18.8 Å². The summed E-state index contributed by atoms with van der Waals surface area (Å²) in [7, 11) is 1.58. The smallest absolute Gasteiger partial charge is 0.324 e. The SMILES string of the molecule is CC[NH+](CC(=O)Nc1ccc(OC)cc1)CC(=O)N1CCNC1=O. The molecular weight excluding hydrogens is 312 g/mol. The van der Waals surface area contributed by atoms with Crippen molar-refractivity contribution in [2.45, 2.75) is 6.92 Å². The zero-order valence-electron chi connectivity index (χ0n) is 13.9. The molecule has 8 nitrogen and oxygen atoms in total. The number of carbonyl (C=O) groups excluding carboxylic acids is 3. The Labute approximate surface area is 140 Å². The van der Waals surface area contributed by atoms with E-state index in [0.29, 0.717) is 31.1 Å². The highest BCUT2D eigenvalue weighted by molar-refractivity contribution is 5.96. The Morgan fingerprint density at radius 3 is 2.54 bits per heavy atom. The summed E-state index contributed by atoms with van der Waals surface area (Å²) in [5, 5.41) is 5.38. The lowest BCUT2D eigenvalue weighted by atomic mass is 10.3. The Morgan fingerprint density at radius 2 is 2.00 bits per heavy atom. The van der Waals surface area contributed by atoms with E-state index in [2.05, 4.69) is 10.6 Å². The maximum absolute atomic E-state index is 12.1. The van der Waals surface area contributed by atoms with Crippen LogP contribution in [0.25, 0.3) is 0 Å². The van der Waals surface area contributed by atoms with Gasteiger partial charge in [0.2, 0.25) is 0 Å². The third-order valence-corrected chi connectivity index (χ3v) is 3.84. The highest BCUT2D eigenvalue weighted by Gasteiger charge is 2.29. The third kappa shape index (κ3) is 4.69. The third-order valence-electron chi connectivity index (χ3n) is 3.84. The normalized spacial score (nSPS) is 14.9. The molecule has 0 aliphatic carbocycles. The van der Waals surface area contributed by atoms with Crippen LogP contribution in [0, 0.1) is 0 Å². The lowest BCUT2D eigenvalue weighted by Gasteiger charge is -2.19. The minimum absolute atomic E-state index is 0.111. The standard InChI is InChI=1S/C16H22N4O4/c1-3-19(11-15(22)20-9-8-17-16(20)23)10-14(21)18-12-4-6-13(24-2)7-5-12/h4-7H,3,8-11H2,1-2H3,(H,17,23)(H,18,21)/p+1. The van der Waals surface area contributed by atoms with E-state index in [1.54, 1.807) is 31.4 Å². The fourth-order valence-corrected chi connectivity index (χ4v) is 2.44. The summed E-state index contributed by atoms with van der Waals surface area (Å²) in [6.07, 6.45) is 0. The Kier molecular flexibility index (Phi) is 6.14. The zero-order valence-corrected chi connectivity index (χ0v) is 13.9. The number of urea groups is 1. The summed E-state index contributed by atoms with van der Waals surface area (Å²) >= 11 is 0. The fourth-order valence-electron chi connectivity index (χ4n) is 2.44. The Bertz CT molecular complexity index is 603. The maximum Gasteiger partial charge on any atom is 0.324 e. The Balaban J connectivity index is 1.85. The van der Waals surface area contributed by atoms with Gasteiger partial charge in [-0.25, -0.2) is 4.79 Å². The molecule has 1 aliphatic rings. The molecule has 1 aromatic carbocycles. The molecule has 130 valence electrons. The number of nitrogens with one attached hydrogen (secondary N) is 3. The van der Waals surface area contributed by atoms with Crippen LogP contribution in [0.3, 0.4) is 0 Å². The second-order valence-corrected chi connectivity index (χ2v) is 5.51. The van der Waals surface area contributed by atoms with Gasteiger partial charge in [-0.2, -0.15) is 0 Å². The predicted octanol–water partition coefficient (Wildman–Crippen LogP) is -0.910. The van der Waals surface area contributed by atoms with Gasteiger partial charge in [-0.1, -0.05) is 0 Å². The molecule has 1 fully saturated rings.